The van der Waals surface area contributed by atoms with Crippen molar-refractivity contribution in [3.05, 3.63) is 60.2 Å². The van der Waals surface area contributed by atoms with E-state index in [0.29, 0.717) is 0 Å². The zero-order valence-corrected chi connectivity index (χ0v) is 13.0. The monoisotopic (exact) mass is 306 g/mol. The molecule has 4 rings (SSSR count). The van der Waals surface area contributed by atoms with Crippen molar-refractivity contribution in [3.63, 3.8) is 0 Å². The molecule has 0 aromatic carbocycles. The van der Waals surface area contributed by atoms with Crippen molar-refractivity contribution in [2.45, 2.75) is 12.3 Å². The Morgan fingerprint density at radius 3 is 2.96 bits per heavy atom. The van der Waals surface area contributed by atoms with E-state index in [1.54, 1.807) is 6.20 Å². The molecular weight excluding hydrogens is 288 g/mol. The third-order valence-corrected chi connectivity index (χ3v) is 4.54. The number of aryl methyl sites for hydroxylation is 1. The van der Waals surface area contributed by atoms with E-state index in [4.69, 9.17) is 0 Å². The molecule has 5 heteroatoms. The average molecular weight is 306 g/mol. The largest absolute Gasteiger partial charge is 0.347 e. The summed E-state index contributed by atoms with van der Waals surface area (Å²) in [4.78, 5) is 23.5. The maximum Gasteiger partial charge on any atom is 0.270 e. The maximum atomic E-state index is 12.6. The molecule has 5 nitrogen and oxygen atoms in total. The van der Waals surface area contributed by atoms with Crippen LogP contribution in [0.15, 0.2) is 48.8 Å². The van der Waals surface area contributed by atoms with E-state index in [-0.39, 0.29) is 11.8 Å². The number of pyridine rings is 2. The van der Waals surface area contributed by atoms with Gasteiger partial charge in [-0.25, -0.2) is 9.97 Å². The van der Waals surface area contributed by atoms with Crippen LogP contribution in [0.3, 0.4) is 0 Å². The second-order valence-corrected chi connectivity index (χ2v) is 6.03. The molecule has 1 aliphatic heterocycles. The molecule has 0 aliphatic carbocycles. The summed E-state index contributed by atoms with van der Waals surface area (Å²) in [5, 5.41) is 1.05. The van der Waals surface area contributed by atoms with Gasteiger partial charge in [-0.05, 0) is 42.8 Å². The molecule has 3 aromatic heterocycles. The predicted molar refractivity (Wildman–Crippen MR) is 88.2 cm³/mol. The zero-order valence-electron chi connectivity index (χ0n) is 13.0. The van der Waals surface area contributed by atoms with Crippen LogP contribution in [0.1, 0.15) is 28.5 Å². The number of carbonyl (C=O) groups is 1. The average Bonchev–Trinajstić information content (AvgIpc) is 3.23. The lowest BCUT2D eigenvalue weighted by atomic mass is 10.0. The molecule has 0 bridgehead atoms. The Bertz CT molecular complexity index is 870. The van der Waals surface area contributed by atoms with E-state index in [1.165, 1.54) is 0 Å². The molecule has 23 heavy (non-hydrogen) atoms. The van der Waals surface area contributed by atoms with Crippen LogP contribution in [0, 0.1) is 0 Å². The van der Waals surface area contributed by atoms with Crippen LogP contribution in [0.5, 0.6) is 0 Å². The Morgan fingerprint density at radius 2 is 2.13 bits per heavy atom. The van der Waals surface area contributed by atoms with Crippen molar-refractivity contribution >= 4 is 16.9 Å². The van der Waals surface area contributed by atoms with E-state index < -0.39 is 0 Å². The van der Waals surface area contributed by atoms with Gasteiger partial charge < -0.3 is 9.47 Å². The molecule has 0 spiro atoms. The number of hydrogen-bond acceptors (Lipinski definition) is 3. The van der Waals surface area contributed by atoms with Gasteiger partial charge in [-0.3, -0.25) is 4.79 Å². The van der Waals surface area contributed by atoms with Crippen LogP contribution in [0.2, 0.25) is 0 Å². The van der Waals surface area contributed by atoms with Crippen LogP contribution in [0.25, 0.3) is 11.0 Å². The van der Waals surface area contributed by atoms with Crippen molar-refractivity contribution in [3.8, 4) is 0 Å². The van der Waals surface area contributed by atoms with E-state index in [9.17, 15) is 4.79 Å². The molecule has 0 N–H and O–H groups in total. The minimum Gasteiger partial charge on any atom is -0.347 e. The molecule has 116 valence electrons. The molecule has 1 fully saturated rings. The van der Waals surface area contributed by atoms with Crippen molar-refractivity contribution < 1.29 is 4.79 Å². The first-order valence-electron chi connectivity index (χ1n) is 7.84. The summed E-state index contributed by atoms with van der Waals surface area (Å²) in [7, 11) is 1.90. The van der Waals surface area contributed by atoms with Crippen LogP contribution < -0.4 is 0 Å². The zero-order chi connectivity index (χ0) is 15.8. The van der Waals surface area contributed by atoms with E-state index >= 15 is 0 Å². The summed E-state index contributed by atoms with van der Waals surface area (Å²) < 4.78 is 1.87. The van der Waals surface area contributed by atoms with Crippen molar-refractivity contribution in [1.82, 2.24) is 19.4 Å². The number of rotatable bonds is 2. The summed E-state index contributed by atoms with van der Waals surface area (Å²) in [6, 6.07) is 11.8. The molecular formula is C18H18N4O. The number of likely N-dealkylation sites (tertiary alicyclic amines) is 1. The fraction of sp³-hybridized carbons (Fsp3) is 0.278. The van der Waals surface area contributed by atoms with Gasteiger partial charge in [-0.2, -0.15) is 0 Å². The highest BCUT2D eigenvalue weighted by Gasteiger charge is 2.29. The van der Waals surface area contributed by atoms with Crippen LogP contribution >= 0.6 is 0 Å². The maximum absolute atomic E-state index is 12.6. The number of aromatic nitrogens is 3. The minimum absolute atomic E-state index is 0.0962. The Morgan fingerprint density at radius 1 is 1.22 bits per heavy atom. The standard InChI is InChI=1S/C18H18N4O/c1-21-10-3-5-16(21)18(23)22-11-8-14(12-22)15-7-6-13-4-2-9-19-17(13)20-15/h2-7,9-10,14H,8,11-12H2,1H3. The van der Waals surface area contributed by atoms with Gasteiger partial charge in [0.15, 0.2) is 5.65 Å². The van der Waals surface area contributed by atoms with Crippen molar-refractivity contribution in [2.75, 3.05) is 13.1 Å². The number of fused-ring (bicyclic) bond motifs is 1. The molecule has 0 radical (unpaired) electrons. The molecule has 1 saturated heterocycles. The van der Waals surface area contributed by atoms with Gasteiger partial charge in [-0.1, -0.05) is 0 Å². The topological polar surface area (TPSA) is 51.0 Å². The first-order valence-corrected chi connectivity index (χ1v) is 7.84. The van der Waals surface area contributed by atoms with Crippen LogP contribution in [-0.4, -0.2) is 38.4 Å². The first-order chi connectivity index (χ1) is 11.2. The summed E-state index contributed by atoms with van der Waals surface area (Å²) >= 11 is 0. The molecule has 0 saturated carbocycles. The molecule has 1 amide bonds. The fourth-order valence-electron chi connectivity index (χ4n) is 3.23. The summed E-state index contributed by atoms with van der Waals surface area (Å²) in [5.74, 6) is 0.379. The van der Waals surface area contributed by atoms with Gasteiger partial charge in [0.1, 0.15) is 5.69 Å². The van der Waals surface area contributed by atoms with E-state index in [1.807, 2.05) is 47.0 Å². The molecule has 1 aliphatic rings. The normalized spacial score (nSPS) is 17.8. The minimum atomic E-state index is 0.0962. The number of carbonyl (C=O) groups excluding carboxylic acids is 1. The van der Waals surface area contributed by atoms with Gasteiger partial charge in [-0.15, -0.1) is 0 Å². The number of nitrogens with zero attached hydrogens (tertiary/aromatic N) is 4. The number of hydrogen-bond donors (Lipinski definition) is 0. The Balaban J connectivity index is 1.55. The second-order valence-electron chi connectivity index (χ2n) is 6.03. The Kier molecular flexibility index (Phi) is 3.33. The lowest BCUT2D eigenvalue weighted by molar-refractivity contribution is 0.0781. The SMILES string of the molecule is Cn1cccc1C(=O)N1CCC(c2ccc3cccnc3n2)C1. The highest BCUT2D eigenvalue weighted by Crippen LogP contribution is 2.28. The van der Waals surface area contributed by atoms with Gasteiger partial charge in [0.25, 0.3) is 5.91 Å². The summed E-state index contributed by atoms with van der Waals surface area (Å²) in [6.07, 6.45) is 4.61. The van der Waals surface area contributed by atoms with Crippen LogP contribution in [-0.2, 0) is 7.05 Å². The van der Waals surface area contributed by atoms with E-state index in [0.717, 1.165) is 41.9 Å². The highest BCUT2D eigenvalue weighted by molar-refractivity contribution is 5.93. The summed E-state index contributed by atoms with van der Waals surface area (Å²) in [6.45, 7) is 1.49. The van der Waals surface area contributed by atoms with Gasteiger partial charge in [0.2, 0.25) is 0 Å². The Hall–Kier alpha value is -2.69. The first kappa shape index (κ1) is 13.9. The highest BCUT2D eigenvalue weighted by atomic mass is 16.2. The fourth-order valence-corrected chi connectivity index (χ4v) is 3.23. The smallest absolute Gasteiger partial charge is 0.270 e. The van der Waals surface area contributed by atoms with Gasteiger partial charge in [0, 0.05) is 49.5 Å². The Labute approximate surface area is 134 Å². The van der Waals surface area contributed by atoms with Crippen molar-refractivity contribution in [1.29, 1.82) is 0 Å². The second kappa shape index (κ2) is 5.50. The van der Waals surface area contributed by atoms with E-state index in [2.05, 4.69) is 22.1 Å². The van der Waals surface area contributed by atoms with Crippen LogP contribution in [0.4, 0.5) is 0 Å². The van der Waals surface area contributed by atoms with Gasteiger partial charge >= 0.3 is 0 Å². The molecule has 1 atom stereocenters. The molecule has 3 aromatic rings. The van der Waals surface area contributed by atoms with Crippen molar-refractivity contribution in [2.24, 2.45) is 7.05 Å². The lowest BCUT2D eigenvalue weighted by Gasteiger charge is -2.17. The predicted octanol–water partition coefficient (Wildman–Crippen LogP) is 2.60. The number of amides is 1. The van der Waals surface area contributed by atoms with Gasteiger partial charge in [0.05, 0.1) is 0 Å². The quantitative estimate of drug-likeness (QED) is 0.731. The molecule has 4 heterocycles. The third-order valence-electron chi connectivity index (χ3n) is 4.54. The third kappa shape index (κ3) is 2.48. The molecule has 1 unspecified atom stereocenters. The summed E-state index contributed by atoms with van der Waals surface area (Å²) in [5.41, 5.74) is 2.54. The lowest BCUT2D eigenvalue weighted by Crippen LogP contribution is -2.29.